The van der Waals surface area contributed by atoms with Crippen molar-refractivity contribution in [3.8, 4) is 12.3 Å². The highest BCUT2D eigenvalue weighted by atomic mass is 14.9. The van der Waals surface area contributed by atoms with E-state index in [1.165, 1.54) is 0 Å². The Morgan fingerprint density at radius 2 is 2.30 bits per heavy atom. The quantitative estimate of drug-likeness (QED) is 0.458. The number of terminal acetylenes is 1. The van der Waals surface area contributed by atoms with Crippen molar-refractivity contribution in [3.63, 3.8) is 0 Å². The van der Waals surface area contributed by atoms with E-state index in [0.29, 0.717) is 6.04 Å². The largest absolute Gasteiger partial charge is 0.301 e. The SMILES string of the molecule is C#CC(C)NC(C)CC=C. The van der Waals surface area contributed by atoms with E-state index in [0.717, 1.165) is 6.42 Å². The normalized spacial score (nSPS) is 15.3. The van der Waals surface area contributed by atoms with Crippen LogP contribution in [0.3, 0.4) is 0 Å². The Kier molecular flexibility index (Phi) is 4.70. The summed E-state index contributed by atoms with van der Waals surface area (Å²) in [4.78, 5) is 0. The van der Waals surface area contributed by atoms with Gasteiger partial charge in [0.25, 0.3) is 0 Å². The van der Waals surface area contributed by atoms with Crippen LogP contribution in [0.2, 0.25) is 0 Å². The van der Waals surface area contributed by atoms with Crippen molar-refractivity contribution in [2.45, 2.75) is 32.4 Å². The van der Waals surface area contributed by atoms with E-state index in [9.17, 15) is 0 Å². The van der Waals surface area contributed by atoms with Crippen LogP contribution in [-0.4, -0.2) is 12.1 Å². The van der Waals surface area contributed by atoms with E-state index in [-0.39, 0.29) is 6.04 Å². The molecule has 0 aromatic carbocycles. The van der Waals surface area contributed by atoms with Crippen LogP contribution >= 0.6 is 0 Å². The predicted octanol–water partition coefficient (Wildman–Crippen LogP) is 1.56. The van der Waals surface area contributed by atoms with Crippen molar-refractivity contribution >= 4 is 0 Å². The minimum atomic E-state index is 0.162. The third-order valence-electron chi connectivity index (χ3n) is 1.30. The van der Waals surface area contributed by atoms with Gasteiger partial charge in [-0.15, -0.1) is 13.0 Å². The Balaban J connectivity index is 3.48. The van der Waals surface area contributed by atoms with Gasteiger partial charge in [-0.2, -0.15) is 0 Å². The van der Waals surface area contributed by atoms with Crippen molar-refractivity contribution in [2.24, 2.45) is 0 Å². The van der Waals surface area contributed by atoms with E-state index >= 15 is 0 Å². The molecule has 0 saturated heterocycles. The van der Waals surface area contributed by atoms with Crippen molar-refractivity contribution in [1.82, 2.24) is 5.32 Å². The second kappa shape index (κ2) is 5.08. The van der Waals surface area contributed by atoms with Gasteiger partial charge in [-0.1, -0.05) is 12.0 Å². The molecule has 0 rings (SSSR count). The fraction of sp³-hybridized carbons (Fsp3) is 0.556. The van der Waals surface area contributed by atoms with Crippen molar-refractivity contribution in [2.75, 3.05) is 0 Å². The lowest BCUT2D eigenvalue weighted by molar-refractivity contribution is 0.529. The van der Waals surface area contributed by atoms with E-state index in [4.69, 9.17) is 6.42 Å². The third-order valence-corrected chi connectivity index (χ3v) is 1.30. The van der Waals surface area contributed by atoms with E-state index in [1.54, 1.807) is 0 Å². The first-order valence-electron chi connectivity index (χ1n) is 3.53. The van der Waals surface area contributed by atoms with Crippen LogP contribution < -0.4 is 5.32 Å². The molecule has 2 unspecified atom stereocenters. The molecule has 0 heterocycles. The highest BCUT2D eigenvalue weighted by Gasteiger charge is 2.00. The van der Waals surface area contributed by atoms with Gasteiger partial charge in [0.2, 0.25) is 0 Å². The average Bonchev–Trinajstić information content (AvgIpc) is 1.88. The highest BCUT2D eigenvalue weighted by Crippen LogP contribution is 1.92. The van der Waals surface area contributed by atoms with Crippen molar-refractivity contribution in [3.05, 3.63) is 12.7 Å². The molecular formula is C9H15N. The summed E-state index contributed by atoms with van der Waals surface area (Å²) in [7, 11) is 0. The molecule has 0 aliphatic rings. The number of hydrogen-bond acceptors (Lipinski definition) is 1. The molecule has 0 amide bonds. The Hall–Kier alpha value is -0.740. The lowest BCUT2D eigenvalue weighted by atomic mass is 10.2. The van der Waals surface area contributed by atoms with E-state index in [1.807, 2.05) is 13.0 Å². The molecular weight excluding hydrogens is 122 g/mol. The Bertz CT molecular complexity index is 132. The number of nitrogens with one attached hydrogen (secondary N) is 1. The lowest BCUT2D eigenvalue weighted by Gasteiger charge is -2.13. The van der Waals surface area contributed by atoms with Crippen molar-refractivity contribution < 1.29 is 0 Å². The molecule has 0 radical (unpaired) electrons. The van der Waals surface area contributed by atoms with Gasteiger partial charge in [0, 0.05) is 6.04 Å². The molecule has 0 aliphatic heterocycles. The first kappa shape index (κ1) is 9.26. The molecule has 0 fully saturated rings. The molecule has 56 valence electrons. The zero-order chi connectivity index (χ0) is 7.98. The smallest absolute Gasteiger partial charge is 0.0660 e. The first-order chi connectivity index (χ1) is 4.70. The minimum Gasteiger partial charge on any atom is -0.301 e. The molecule has 0 aromatic rings. The summed E-state index contributed by atoms with van der Waals surface area (Å²) >= 11 is 0. The van der Waals surface area contributed by atoms with Gasteiger partial charge in [0.05, 0.1) is 6.04 Å². The van der Waals surface area contributed by atoms with Gasteiger partial charge in [0.1, 0.15) is 0 Å². The zero-order valence-corrected chi connectivity index (χ0v) is 6.72. The maximum Gasteiger partial charge on any atom is 0.0660 e. The van der Waals surface area contributed by atoms with Gasteiger partial charge in [-0.05, 0) is 20.3 Å². The van der Waals surface area contributed by atoms with Crippen LogP contribution in [0, 0.1) is 12.3 Å². The summed E-state index contributed by atoms with van der Waals surface area (Å²) in [6.07, 6.45) is 8.03. The molecule has 2 atom stereocenters. The third kappa shape index (κ3) is 4.17. The van der Waals surface area contributed by atoms with E-state index < -0.39 is 0 Å². The van der Waals surface area contributed by atoms with Crippen LogP contribution in [0.4, 0.5) is 0 Å². The van der Waals surface area contributed by atoms with Crippen molar-refractivity contribution in [1.29, 1.82) is 0 Å². The van der Waals surface area contributed by atoms with Gasteiger partial charge < -0.3 is 5.32 Å². The second-order valence-electron chi connectivity index (χ2n) is 2.48. The molecule has 0 aromatic heterocycles. The standard InChI is InChI=1S/C9H15N/c1-5-7-9(4)10-8(3)6-2/h2,5,8-10H,1,7H2,3-4H3. The van der Waals surface area contributed by atoms with Crippen LogP contribution in [0.5, 0.6) is 0 Å². The average molecular weight is 137 g/mol. The van der Waals surface area contributed by atoms with E-state index in [2.05, 4.69) is 24.7 Å². The van der Waals surface area contributed by atoms with Crippen LogP contribution in [-0.2, 0) is 0 Å². The summed E-state index contributed by atoms with van der Waals surface area (Å²) in [6, 6.07) is 0.596. The first-order valence-corrected chi connectivity index (χ1v) is 3.53. The van der Waals surface area contributed by atoms with Gasteiger partial charge in [0.15, 0.2) is 0 Å². The molecule has 0 aliphatic carbocycles. The Morgan fingerprint density at radius 1 is 1.70 bits per heavy atom. The summed E-state index contributed by atoms with van der Waals surface area (Å²) in [6.45, 7) is 7.71. The van der Waals surface area contributed by atoms with Crippen LogP contribution in [0.15, 0.2) is 12.7 Å². The number of rotatable bonds is 4. The van der Waals surface area contributed by atoms with Gasteiger partial charge in [-0.25, -0.2) is 0 Å². The summed E-state index contributed by atoms with van der Waals surface area (Å²) in [5.41, 5.74) is 0. The maximum absolute atomic E-state index is 5.18. The maximum atomic E-state index is 5.18. The second-order valence-corrected chi connectivity index (χ2v) is 2.48. The van der Waals surface area contributed by atoms with Gasteiger partial charge >= 0.3 is 0 Å². The molecule has 1 heteroatoms. The molecule has 1 nitrogen and oxygen atoms in total. The monoisotopic (exact) mass is 137 g/mol. The number of hydrogen-bond donors (Lipinski definition) is 1. The fourth-order valence-electron chi connectivity index (χ4n) is 0.793. The Morgan fingerprint density at radius 3 is 2.70 bits per heavy atom. The molecule has 0 spiro atoms. The zero-order valence-electron chi connectivity index (χ0n) is 6.72. The minimum absolute atomic E-state index is 0.162. The predicted molar refractivity (Wildman–Crippen MR) is 45.7 cm³/mol. The highest BCUT2D eigenvalue weighted by molar-refractivity contribution is 4.97. The molecule has 10 heavy (non-hydrogen) atoms. The van der Waals surface area contributed by atoms with Crippen LogP contribution in [0.1, 0.15) is 20.3 Å². The Labute approximate surface area is 63.5 Å². The molecule has 0 bridgehead atoms. The summed E-state index contributed by atoms with van der Waals surface area (Å²) in [5, 5.41) is 3.22. The summed E-state index contributed by atoms with van der Waals surface area (Å²) in [5.74, 6) is 2.61. The molecule has 0 saturated carbocycles. The topological polar surface area (TPSA) is 12.0 Å². The van der Waals surface area contributed by atoms with Crippen LogP contribution in [0.25, 0.3) is 0 Å². The fourth-order valence-corrected chi connectivity index (χ4v) is 0.793. The molecule has 1 N–H and O–H groups in total. The lowest BCUT2D eigenvalue weighted by Crippen LogP contribution is -2.32. The van der Waals surface area contributed by atoms with Gasteiger partial charge in [-0.3, -0.25) is 0 Å². The summed E-state index contributed by atoms with van der Waals surface area (Å²) < 4.78 is 0.